The summed E-state index contributed by atoms with van der Waals surface area (Å²) in [5, 5.41) is 0. The molecule has 0 aromatic rings. The molecule has 0 bridgehead atoms. The third-order valence-electron chi connectivity index (χ3n) is 1.94. The van der Waals surface area contributed by atoms with Crippen molar-refractivity contribution in [1.82, 2.24) is 4.31 Å². The molecule has 0 saturated heterocycles. The zero-order valence-electron chi connectivity index (χ0n) is 6.66. The van der Waals surface area contributed by atoms with Gasteiger partial charge >= 0.3 is 0 Å². The van der Waals surface area contributed by atoms with Gasteiger partial charge in [0.05, 0.1) is 0 Å². The van der Waals surface area contributed by atoms with Crippen LogP contribution in [-0.4, -0.2) is 31.6 Å². The molecule has 0 spiro atoms. The number of hydrogen-bond donors (Lipinski definition) is 0. The molecule has 11 heavy (non-hydrogen) atoms. The Hall–Kier alpha value is -0.530. The van der Waals surface area contributed by atoms with Gasteiger partial charge in [0.1, 0.15) is 4.75 Å². The van der Waals surface area contributed by atoms with Crippen molar-refractivity contribution in [3.63, 3.8) is 0 Å². The molecule has 0 heterocycles. The van der Waals surface area contributed by atoms with Crippen LogP contribution in [-0.2, 0) is 10.0 Å². The standard InChI is InChI=1S/C7H11NO2S/c1-4-7(5-6-7)11(9,10)8(2)3/h1H,5-6H2,2-3H3. The second-order valence-electron chi connectivity index (χ2n) is 2.93. The second kappa shape index (κ2) is 2.23. The molecule has 4 heteroatoms. The van der Waals surface area contributed by atoms with Gasteiger partial charge in [-0.05, 0) is 12.8 Å². The van der Waals surface area contributed by atoms with E-state index in [4.69, 9.17) is 6.42 Å². The monoisotopic (exact) mass is 173 g/mol. The van der Waals surface area contributed by atoms with Gasteiger partial charge in [0.2, 0.25) is 10.0 Å². The highest BCUT2D eigenvalue weighted by Gasteiger charge is 2.54. The Morgan fingerprint density at radius 3 is 2.00 bits per heavy atom. The van der Waals surface area contributed by atoms with E-state index in [0.29, 0.717) is 12.8 Å². The van der Waals surface area contributed by atoms with Gasteiger partial charge < -0.3 is 0 Å². The Labute approximate surface area is 67.4 Å². The van der Waals surface area contributed by atoms with Gasteiger partial charge in [0, 0.05) is 14.1 Å². The Morgan fingerprint density at radius 1 is 1.45 bits per heavy atom. The molecule has 0 unspecified atom stereocenters. The van der Waals surface area contributed by atoms with Crippen molar-refractivity contribution in [3.8, 4) is 12.3 Å². The third kappa shape index (κ3) is 1.05. The highest BCUT2D eigenvalue weighted by molar-refractivity contribution is 7.91. The van der Waals surface area contributed by atoms with Crippen LogP contribution in [0.2, 0.25) is 0 Å². The van der Waals surface area contributed by atoms with Gasteiger partial charge in [0.15, 0.2) is 0 Å². The maximum absolute atomic E-state index is 11.4. The summed E-state index contributed by atoms with van der Waals surface area (Å²) in [6, 6.07) is 0. The average molecular weight is 173 g/mol. The topological polar surface area (TPSA) is 37.4 Å². The van der Waals surface area contributed by atoms with E-state index in [9.17, 15) is 8.42 Å². The van der Waals surface area contributed by atoms with Crippen LogP contribution in [0.1, 0.15) is 12.8 Å². The number of sulfonamides is 1. The lowest BCUT2D eigenvalue weighted by Crippen LogP contribution is -2.33. The number of rotatable bonds is 2. The van der Waals surface area contributed by atoms with E-state index in [2.05, 4.69) is 5.92 Å². The fourth-order valence-corrected chi connectivity index (χ4v) is 2.41. The molecule has 1 aliphatic carbocycles. The predicted molar refractivity (Wildman–Crippen MR) is 43.4 cm³/mol. The highest BCUT2D eigenvalue weighted by Crippen LogP contribution is 2.43. The van der Waals surface area contributed by atoms with Crippen molar-refractivity contribution in [2.75, 3.05) is 14.1 Å². The molecule has 1 rings (SSSR count). The molecule has 0 aromatic carbocycles. The lowest BCUT2D eigenvalue weighted by atomic mass is 10.4. The minimum Gasteiger partial charge on any atom is -0.211 e. The Kier molecular flexibility index (Phi) is 1.73. The first-order valence-electron chi connectivity index (χ1n) is 3.36. The van der Waals surface area contributed by atoms with E-state index in [1.54, 1.807) is 0 Å². The van der Waals surface area contributed by atoms with Gasteiger partial charge in [-0.15, -0.1) is 6.42 Å². The van der Waals surface area contributed by atoms with Crippen molar-refractivity contribution in [3.05, 3.63) is 0 Å². The lowest BCUT2D eigenvalue weighted by Gasteiger charge is -2.15. The predicted octanol–water partition coefficient (Wildman–Crippen LogP) is 0.0436. The largest absolute Gasteiger partial charge is 0.230 e. The number of terminal acetylenes is 1. The fraction of sp³-hybridized carbons (Fsp3) is 0.714. The van der Waals surface area contributed by atoms with Crippen molar-refractivity contribution in [1.29, 1.82) is 0 Å². The van der Waals surface area contributed by atoms with Gasteiger partial charge in [-0.3, -0.25) is 0 Å². The average Bonchev–Trinajstić information content (AvgIpc) is 2.66. The molecule has 1 aliphatic rings. The summed E-state index contributed by atoms with van der Waals surface area (Å²) >= 11 is 0. The summed E-state index contributed by atoms with van der Waals surface area (Å²) in [5.74, 6) is 2.34. The first-order chi connectivity index (χ1) is 4.96. The molecule has 1 saturated carbocycles. The summed E-state index contributed by atoms with van der Waals surface area (Å²) in [6.45, 7) is 0. The maximum atomic E-state index is 11.4. The van der Waals surface area contributed by atoms with Crippen molar-refractivity contribution >= 4 is 10.0 Å². The van der Waals surface area contributed by atoms with E-state index in [1.165, 1.54) is 18.4 Å². The number of hydrogen-bond acceptors (Lipinski definition) is 2. The van der Waals surface area contributed by atoms with Gasteiger partial charge in [-0.25, -0.2) is 12.7 Å². The summed E-state index contributed by atoms with van der Waals surface area (Å²) < 4.78 is 23.2. The Balaban J connectivity index is 3.02. The zero-order valence-corrected chi connectivity index (χ0v) is 7.48. The molecule has 62 valence electrons. The van der Waals surface area contributed by atoms with Crippen LogP contribution in [0.4, 0.5) is 0 Å². The Bertz CT molecular complexity index is 293. The molecular weight excluding hydrogens is 162 g/mol. The molecule has 0 amide bonds. The van der Waals surface area contributed by atoms with Crippen molar-refractivity contribution in [2.24, 2.45) is 0 Å². The van der Waals surface area contributed by atoms with Gasteiger partial charge in [-0.2, -0.15) is 0 Å². The molecule has 1 fully saturated rings. The van der Waals surface area contributed by atoms with Gasteiger partial charge in [0.25, 0.3) is 0 Å². The van der Waals surface area contributed by atoms with Crippen LogP contribution >= 0.6 is 0 Å². The minimum atomic E-state index is -3.22. The van der Waals surface area contributed by atoms with Crippen LogP contribution in [0, 0.1) is 12.3 Å². The molecule has 0 N–H and O–H groups in total. The van der Waals surface area contributed by atoms with E-state index < -0.39 is 14.8 Å². The van der Waals surface area contributed by atoms with Crippen LogP contribution < -0.4 is 0 Å². The van der Waals surface area contributed by atoms with Crippen LogP contribution in [0.5, 0.6) is 0 Å². The smallest absolute Gasteiger partial charge is 0.211 e. The molecule has 0 atom stereocenters. The molecule has 3 nitrogen and oxygen atoms in total. The first-order valence-corrected chi connectivity index (χ1v) is 4.80. The van der Waals surface area contributed by atoms with Crippen LogP contribution in [0.3, 0.4) is 0 Å². The third-order valence-corrected chi connectivity index (χ3v) is 4.42. The van der Waals surface area contributed by atoms with E-state index in [1.807, 2.05) is 0 Å². The summed E-state index contributed by atoms with van der Waals surface area (Å²) in [6.07, 6.45) is 6.34. The lowest BCUT2D eigenvalue weighted by molar-refractivity contribution is 0.512. The summed E-state index contributed by atoms with van der Waals surface area (Å²) in [5.41, 5.74) is 0. The number of nitrogens with zero attached hydrogens (tertiary/aromatic N) is 1. The molecule has 0 aromatic heterocycles. The van der Waals surface area contributed by atoms with Crippen molar-refractivity contribution in [2.45, 2.75) is 17.6 Å². The zero-order chi connectivity index (χ0) is 8.70. The normalized spacial score (nSPS) is 21.3. The van der Waals surface area contributed by atoms with E-state index >= 15 is 0 Å². The fourth-order valence-electron chi connectivity index (χ4n) is 0.940. The van der Waals surface area contributed by atoms with Crippen LogP contribution in [0.25, 0.3) is 0 Å². The summed E-state index contributed by atoms with van der Waals surface area (Å²) in [7, 11) is -0.205. The SMILES string of the molecule is C#CC1(S(=O)(=O)N(C)C)CC1. The second-order valence-corrected chi connectivity index (χ2v) is 5.39. The van der Waals surface area contributed by atoms with Crippen LogP contribution in [0.15, 0.2) is 0 Å². The summed E-state index contributed by atoms with van der Waals surface area (Å²) in [4.78, 5) is 0. The first kappa shape index (κ1) is 8.57. The minimum absolute atomic E-state index is 0.601. The molecule has 0 radical (unpaired) electrons. The van der Waals surface area contributed by atoms with E-state index in [0.717, 1.165) is 0 Å². The molecular formula is C7H11NO2S. The maximum Gasteiger partial charge on any atom is 0.230 e. The van der Waals surface area contributed by atoms with Crippen molar-refractivity contribution < 1.29 is 8.42 Å². The van der Waals surface area contributed by atoms with Gasteiger partial charge in [-0.1, -0.05) is 5.92 Å². The van der Waals surface area contributed by atoms with E-state index in [-0.39, 0.29) is 0 Å². The highest BCUT2D eigenvalue weighted by atomic mass is 32.2. The molecule has 0 aliphatic heterocycles. The quantitative estimate of drug-likeness (QED) is 0.553. The Morgan fingerprint density at radius 2 is 1.91 bits per heavy atom.